The highest BCUT2D eigenvalue weighted by Gasteiger charge is 2.49. The van der Waals surface area contributed by atoms with Crippen molar-refractivity contribution in [1.82, 2.24) is 14.9 Å². The van der Waals surface area contributed by atoms with Gasteiger partial charge in [0.15, 0.2) is 0 Å². The second-order valence-corrected chi connectivity index (χ2v) is 10.7. The fraction of sp³-hybridized carbons (Fsp3) is 0.414. The molecule has 1 amide bonds. The average molecular weight is 503 g/mol. The molecule has 194 valence electrons. The van der Waals surface area contributed by atoms with Crippen LogP contribution >= 0.6 is 0 Å². The molecule has 2 atom stereocenters. The van der Waals surface area contributed by atoms with Gasteiger partial charge in [-0.05, 0) is 36.2 Å². The predicted octanol–water partition coefficient (Wildman–Crippen LogP) is 5.59. The summed E-state index contributed by atoms with van der Waals surface area (Å²) in [6, 6.07) is 16.2. The van der Waals surface area contributed by atoms with E-state index in [-0.39, 0.29) is 47.5 Å². The number of carbonyl (C=O) groups is 2. The Bertz CT molecular complexity index is 1270. The summed E-state index contributed by atoms with van der Waals surface area (Å²) in [5, 5.41) is 11.1. The molecular weight excluding hydrogens is 468 g/mol. The second-order valence-electron chi connectivity index (χ2n) is 10.7. The number of imidazole rings is 1. The van der Waals surface area contributed by atoms with E-state index in [1.165, 1.54) is 12.1 Å². The number of hydrogen-bond donors (Lipinski definition) is 1. The van der Waals surface area contributed by atoms with Gasteiger partial charge in [-0.15, -0.1) is 0 Å². The standard InChI is InChI=1S/C29H34N4O4/c1-29(2)17-24(26(34)14-15-27(35)32(3)19-20-8-5-4-6-9-20)25(29)13-12-22-18-30-28(31-22)21-10-7-11-23(16-21)33(36)37/h4-11,16,18,24-25H,12-15,17,19H2,1-3H3,(H,30,31)/t24-,25+/m0/s1. The molecule has 0 saturated heterocycles. The third-order valence-electron chi connectivity index (χ3n) is 7.61. The van der Waals surface area contributed by atoms with Crippen LogP contribution in [0.2, 0.25) is 0 Å². The molecule has 1 saturated carbocycles. The van der Waals surface area contributed by atoms with E-state index in [2.05, 4.69) is 23.8 Å². The summed E-state index contributed by atoms with van der Waals surface area (Å²) in [5.74, 6) is 0.964. The van der Waals surface area contributed by atoms with Crippen molar-refractivity contribution in [2.45, 2.75) is 52.5 Å². The number of nitro benzene ring substituents is 1. The quantitative estimate of drug-likeness (QED) is 0.272. The molecule has 2 aromatic carbocycles. The third kappa shape index (κ3) is 6.31. The van der Waals surface area contributed by atoms with Crippen molar-refractivity contribution in [2.75, 3.05) is 7.05 Å². The second kappa shape index (κ2) is 11.1. The lowest BCUT2D eigenvalue weighted by molar-refractivity contribution is -0.384. The number of rotatable bonds is 11. The van der Waals surface area contributed by atoms with Gasteiger partial charge in [0.25, 0.3) is 5.69 Å². The molecule has 4 rings (SSSR count). The maximum atomic E-state index is 13.1. The van der Waals surface area contributed by atoms with Gasteiger partial charge in [0.2, 0.25) is 5.91 Å². The van der Waals surface area contributed by atoms with Crippen molar-refractivity contribution in [1.29, 1.82) is 0 Å². The molecule has 0 radical (unpaired) electrons. The van der Waals surface area contributed by atoms with Gasteiger partial charge in [0.1, 0.15) is 11.6 Å². The van der Waals surface area contributed by atoms with E-state index in [0.717, 1.165) is 30.5 Å². The van der Waals surface area contributed by atoms with Crippen molar-refractivity contribution < 1.29 is 14.5 Å². The van der Waals surface area contributed by atoms with Crippen LogP contribution in [0.1, 0.15) is 50.8 Å². The summed E-state index contributed by atoms with van der Waals surface area (Å²) < 4.78 is 0. The number of nitrogens with zero attached hydrogens (tertiary/aromatic N) is 3. The van der Waals surface area contributed by atoms with E-state index < -0.39 is 4.92 Å². The highest BCUT2D eigenvalue weighted by molar-refractivity contribution is 5.87. The molecule has 37 heavy (non-hydrogen) atoms. The van der Waals surface area contributed by atoms with Crippen LogP contribution in [0, 0.1) is 27.4 Å². The molecule has 0 bridgehead atoms. The smallest absolute Gasteiger partial charge is 0.270 e. The van der Waals surface area contributed by atoms with Gasteiger partial charge in [-0.2, -0.15) is 0 Å². The maximum absolute atomic E-state index is 13.1. The molecule has 3 aromatic rings. The number of nitro groups is 1. The van der Waals surface area contributed by atoms with Crippen LogP contribution in [0.4, 0.5) is 5.69 Å². The number of nitrogens with one attached hydrogen (secondary N) is 1. The first kappa shape index (κ1) is 26.3. The Kier molecular flexibility index (Phi) is 7.86. The van der Waals surface area contributed by atoms with E-state index in [1.807, 2.05) is 30.3 Å². The Morgan fingerprint density at radius 1 is 1.14 bits per heavy atom. The molecule has 1 heterocycles. The zero-order valence-electron chi connectivity index (χ0n) is 21.6. The van der Waals surface area contributed by atoms with Gasteiger partial charge in [-0.3, -0.25) is 19.7 Å². The molecule has 8 heteroatoms. The third-order valence-corrected chi connectivity index (χ3v) is 7.61. The highest BCUT2D eigenvalue weighted by atomic mass is 16.6. The van der Waals surface area contributed by atoms with E-state index in [1.54, 1.807) is 30.3 Å². The van der Waals surface area contributed by atoms with Crippen molar-refractivity contribution in [2.24, 2.45) is 17.3 Å². The number of non-ortho nitro benzene ring substituents is 1. The van der Waals surface area contributed by atoms with Crippen LogP contribution in [0.25, 0.3) is 11.4 Å². The van der Waals surface area contributed by atoms with Crippen LogP contribution < -0.4 is 0 Å². The monoisotopic (exact) mass is 502 g/mol. The van der Waals surface area contributed by atoms with Crippen LogP contribution in [0.3, 0.4) is 0 Å². The Hall–Kier alpha value is -3.81. The highest BCUT2D eigenvalue weighted by Crippen LogP contribution is 2.53. The molecule has 1 fully saturated rings. The van der Waals surface area contributed by atoms with Gasteiger partial charge in [0, 0.05) is 61.9 Å². The number of aromatic nitrogens is 2. The molecule has 0 aliphatic heterocycles. The summed E-state index contributed by atoms with van der Waals surface area (Å²) in [6.45, 7) is 4.93. The Labute approximate surface area is 217 Å². The van der Waals surface area contributed by atoms with Crippen LogP contribution in [-0.2, 0) is 22.6 Å². The van der Waals surface area contributed by atoms with Gasteiger partial charge < -0.3 is 9.88 Å². The fourth-order valence-corrected chi connectivity index (χ4v) is 5.44. The number of benzene rings is 2. The summed E-state index contributed by atoms with van der Waals surface area (Å²) in [6.07, 6.45) is 4.68. The Morgan fingerprint density at radius 2 is 1.89 bits per heavy atom. The number of hydrogen-bond acceptors (Lipinski definition) is 5. The van der Waals surface area contributed by atoms with Gasteiger partial charge in [-0.25, -0.2) is 4.98 Å². The predicted molar refractivity (Wildman–Crippen MR) is 142 cm³/mol. The van der Waals surface area contributed by atoms with Crippen molar-refractivity contribution in [3.05, 3.63) is 82.2 Å². The lowest BCUT2D eigenvalue weighted by Gasteiger charge is -2.51. The number of carbonyl (C=O) groups excluding carboxylic acids is 2. The Morgan fingerprint density at radius 3 is 2.59 bits per heavy atom. The minimum absolute atomic E-state index is 0.0153. The normalized spacial score (nSPS) is 18.1. The molecule has 0 spiro atoms. The summed E-state index contributed by atoms with van der Waals surface area (Å²) in [5.41, 5.74) is 2.76. The van der Waals surface area contributed by atoms with Crippen molar-refractivity contribution in [3.8, 4) is 11.4 Å². The van der Waals surface area contributed by atoms with Crippen LogP contribution in [-0.4, -0.2) is 38.5 Å². The lowest BCUT2D eigenvalue weighted by atomic mass is 9.53. The molecule has 0 unspecified atom stereocenters. The molecule has 1 N–H and O–H groups in total. The fourth-order valence-electron chi connectivity index (χ4n) is 5.44. The summed E-state index contributed by atoms with van der Waals surface area (Å²) in [7, 11) is 1.78. The first-order valence-corrected chi connectivity index (χ1v) is 12.7. The van der Waals surface area contributed by atoms with E-state index in [4.69, 9.17) is 0 Å². The van der Waals surface area contributed by atoms with Gasteiger partial charge in [-0.1, -0.05) is 56.3 Å². The minimum atomic E-state index is -0.419. The van der Waals surface area contributed by atoms with Crippen LogP contribution in [0.5, 0.6) is 0 Å². The number of Topliss-reactive ketones (excluding diaryl/α,β-unsaturated/α-hetero) is 1. The first-order valence-electron chi connectivity index (χ1n) is 12.7. The SMILES string of the molecule is CN(Cc1ccccc1)C(=O)CCC(=O)[C@H]1CC(C)(C)[C@@H]1CCc1cnc(-c2cccc([N+](=O)[O-])c2)[nH]1. The minimum Gasteiger partial charge on any atom is -0.342 e. The van der Waals surface area contributed by atoms with E-state index >= 15 is 0 Å². The zero-order chi connectivity index (χ0) is 26.6. The average Bonchev–Trinajstić information content (AvgIpc) is 3.35. The van der Waals surface area contributed by atoms with Crippen LogP contribution in [0.15, 0.2) is 60.8 Å². The Balaban J connectivity index is 1.30. The summed E-state index contributed by atoms with van der Waals surface area (Å²) >= 11 is 0. The lowest BCUT2D eigenvalue weighted by Crippen LogP contribution is -2.48. The largest absolute Gasteiger partial charge is 0.342 e. The van der Waals surface area contributed by atoms with E-state index in [9.17, 15) is 19.7 Å². The van der Waals surface area contributed by atoms with Crippen molar-refractivity contribution >= 4 is 17.4 Å². The van der Waals surface area contributed by atoms with Gasteiger partial charge >= 0.3 is 0 Å². The number of H-pyrrole nitrogens is 1. The van der Waals surface area contributed by atoms with Crippen molar-refractivity contribution in [3.63, 3.8) is 0 Å². The summed E-state index contributed by atoms with van der Waals surface area (Å²) in [4.78, 5) is 45.7. The number of aryl methyl sites for hydroxylation is 1. The number of aromatic amines is 1. The topological polar surface area (TPSA) is 109 Å². The maximum Gasteiger partial charge on any atom is 0.270 e. The molecule has 8 nitrogen and oxygen atoms in total. The van der Waals surface area contributed by atoms with Gasteiger partial charge in [0.05, 0.1) is 4.92 Å². The number of amides is 1. The number of ketones is 1. The molecule has 1 aromatic heterocycles. The first-order chi connectivity index (χ1) is 17.6. The molecule has 1 aliphatic rings. The molecular formula is C29H34N4O4. The van der Waals surface area contributed by atoms with E-state index in [0.29, 0.717) is 17.9 Å². The zero-order valence-corrected chi connectivity index (χ0v) is 21.6. The molecule has 1 aliphatic carbocycles.